The van der Waals surface area contributed by atoms with Gasteiger partial charge in [0, 0.05) is 15.7 Å². The average molecular weight is 407 g/mol. The van der Waals surface area contributed by atoms with Crippen LogP contribution in [-0.2, 0) is 6.54 Å². The van der Waals surface area contributed by atoms with Crippen molar-refractivity contribution in [1.82, 2.24) is 0 Å². The molecular weight excluding hydrogens is 390 g/mol. The maximum Gasteiger partial charge on any atom is 0.137 e. The van der Waals surface area contributed by atoms with E-state index in [0.29, 0.717) is 17.3 Å². The van der Waals surface area contributed by atoms with E-state index in [0.717, 1.165) is 27.2 Å². The summed E-state index contributed by atoms with van der Waals surface area (Å²) in [5.74, 6) is 2.39. The zero-order chi connectivity index (χ0) is 17.1. The summed E-state index contributed by atoms with van der Waals surface area (Å²) >= 11 is 9.61. The molecular formula is C19H17BrClNO2. The second-order valence-corrected chi connectivity index (χ2v) is 6.75. The molecule has 0 fully saturated rings. The van der Waals surface area contributed by atoms with Crippen molar-refractivity contribution in [2.24, 2.45) is 0 Å². The molecule has 3 nitrogen and oxygen atoms in total. The molecule has 0 aliphatic carbocycles. The van der Waals surface area contributed by atoms with Crippen molar-refractivity contribution in [2.45, 2.75) is 13.5 Å². The minimum absolute atomic E-state index is 0.577. The first-order valence-electron chi connectivity index (χ1n) is 7.49. The lowest BCUT2D eigenvalue weighted by Crippen LogP contribution is -1.98. The summed E-state index contributed by atoms with van der Waals surface area (Å²) in [6.07, 6.45) is 0. The predicted octanol–water partition coefficient (Wildman–Crippen LogP) is 6.29. The van der Waals surface area contributed by atoms with Gasteiger partial charge < -0.3 is 14.5 Å². The second kappa shape index (κ2) is 7.32. The maximum atomic E-state index is 6.13. The topological polar surface area (TPSA) is 34.4 Å². The van der Waals surface area contributed by atoms with Crippen LogP contribution in [0.25, 0.3) is 11.3 Å². The summed E-state index contributed by atoms with van der Waals surface area (Å²) in [6.45, 7) is 2.65. The largest absolute Gasteiger partial charge is 0.495 e. The van der Waals surface area contributed by atoms with Crippen molar-refractivity contribution < 1.29 is 9.15 Å². The molecule has 0 saturated heterocycles. The summed E-state index contributed by atoms with van der Waals surface area (Å²) in [4.78, 5) is 0. The first kappa shape index (κ1) is 16.9. The summed E-state index contributed by atoms with van der Waals surface area (Å²) in [5.41, 5.74) is 3.18. The normalized spacial score (nSPS) is 10.7. The molecule has 0 unspecified atom stereocenters. The van der Waals surface area contributed by atoms with Gasteiger partial charge in [-0.05, 0) is 61.0 Å². The number of aryl methyl sites for hydroxylation is 1. The van der Waals surface area contributed by atoms with E-state index in [1.54, 1.807) is 7.11 Å². The molecule has 1 N–H and O–H groups in total. The summed E-state index contributed by atoms with van der Waals surface area (Å²) in [6, 6.07) is 15.7. The fraction of sp³-hybridized carbons (Fsp3) is 0.158. The summed E-state index contributed by atoms with van der Waals surface area (Å²) < 4.78 is 12.2. The number of hydrogen-bond donors (Lipinski definition) is 1. The van der Waals surface area contributed by atoms with Gasteiger partial charge in [0.15, 0.2) is 0 Å². The molecule has 1 heterocycles. The van der Waals surface area contributed by atoms with Crippen molar-refractivity contribution in [2.75, 3.05) is 12.4 Å². The second-order valence-electron chi connectivity index (χ2n) is 5.43. The van der Waals surface area contributed by atoms with E-state index in [1.165, 1.54) is 5.56 Å². The van der Waals surface area contributed by atoms with Crippen molar-refractivity contribution in [3.63, 3.8) is 0 Å². The zero-order valence-corrected chi connectivity index (χ0v) is 15.7. The van der Waals surface area contributed by atoms with Crippen LogP contribution >= 0.6 is 27.5 Å². The lowest BCUT2D eigenvalue weighted by Gasteiger charge is -2.08. The highest BCUT2D eigenvalue weighted by Crippen LogP contribution is 2.29. The lowest BCUT2D eigenvalue weighted by atomic mass is 10.1. The predicted molar refractivity (Wildman–Crippen MR) is 102 cm³/mol. The molecule has 124 valence electrons. The fourth-order valence-corrected chi connectivity index (χ4v) is 3.22. The Labute approximate surface area is 154 Å². The molecule has 0 saturated carbocycles. The average Bonchev–Trinajstić information content (AvgIpc) is 3.01. The Hall–Kier alpha value is -1.91. The first-order valence-corrected chi connectivity index (χ1v) is 8.66. The smallest absolute Gasteiger partial charge is 0.137 e. The van der Waals surface area contributed by atoms with Gasteiger partial charge in [-0.15, -0.1) is 0 Å². The van der Waals surface area contributed by atoms with Gasteiger partial charge in [0.05, 0.1) is 18.7 Å². The molecule has 0 radical (unpaired) electrons. The van der Waals surface area contributed by atoms with Gasteiger partial charge in [0.1, 0.15) is 17.3 Å². The monoisotopic (exact) mass is 405 g/mol. The van der Waals surface area contributed by atoms with E-state index in [4.69, 9.17) is 20.8 Å². The Morgan fingerprint density at radius 3 is 2.67 bits per heavy atom. The summed E-state index contributed by atoms with van der Waals surface area (Å²) in [5, 5.41) is 3.88. The SMILES string of the molecule is COc1ccc(NCc2ccc(-c3ccc(Br)cc3C)o2)cc1Cl. The van der Waals surface area contributed by atoms with Crippen LogP contribution in [0.15, 0.2) is 57.4 Å². The van der Waals surface area contributed by atoms with Gasteiger partial charge >= 0.3 is 0 Å². The van der Waals surface area contributed by atoms with Crippen molar-refractivity contribution in [1.29, 1.82) is 0 Å². The Balaban J connectivity index is 1.71. The minimum atomic E-state index is 0.577. The molecule has 0 amide bonds. The lowest BCUT2D eigenvalue weighted by molar-refractivity contribution is 0.415. The third kappa shape index (κ3) is 3.77. The maximum absolute atomic E-state index is 6.13. The van der Waals surface area contributed by atoms with Gasteiger partial charge in [-0.25, -0.2) is 0 Å². The number of methoxy groups -OCH3 is 1. The third-order valence-corrected chi connectivity index (χ3v) is 4.52. The van der Waals surface area contributed by atoms with Crippen molar-refractivity contribution in [3.8, 4) is 17.1 Å². The van der Waals surface area contributed by atoms with Crippen LogP contribution in [0.4, 0.5) is 5.69 Å². The first-order chi connectivity index (χ1) is 11.6. The van der Waals surface area contributed by atoms with E-state index >= 15 is 0 Å². The van der Waals surface area contributed by atoms with Crippen LogP contribution in [0.3, 0.4) is 0 Å². The van der Waals surface area contributed by atoms with Gasteiger partial charge in [0.2, 0.25) is 0 Å². The molecule has 0 bridgehead atoms. The fourth-order valence-electron chi connectivity index (χ4n) is 2.49. The number of halogens is 2. The third-order valence-electron chi connectivity index (χ3n) is 3.73. The van der Waals surface area contributed by atoms with Crippen LogP contribution in [0.1, 0.15) is 11.3 Å². The van der Waals surface area contributed by atoms with E-state index < -0.39 is 0 Å². The van der Waals surface area contributed by atoms with Crippen LogP contribution in [0.5, 0.6) is 5.75 Å². The molecule has 0 atom stereocenters. The Morgan fingerprint density at radius 1 is 1.12 bits per heavy atom. The van der Waals surface area contributed by atoms with Gasteiger partial charge in [0.25, 0.3) is 0 Å². The van der Waals surface area contributed by atoms with Gasteiger partial charge in [-0.1, -0.05) is 27.5 Å². The number of hydrogen-bond acceptors (Lipinski definition) is 3. The Morgan fingerprint density at radius 2 is 1.96 bits per heavy atom. The van der Waals surface area contributed by atoms with Crippen LogP contribution in [0.2, 0.25) is 5.02 Å². The van der Waals surface area contributed by atoms with Crippen molar-refractivity contribution >= 4 is 33.2 Å². The number of ether oxygens (including phenoxy) is 1. The number of furan rings is 1. The van der Waals surface area contributed by atoms with E-state index in [2.05, 4.69) is 40.3 Å². The van der Waals surface area contributed by atoms with Gasteiger partial charge in [-0.3, -0.25) is 0 Å². The molecule has 3 aromatic rings. The molecule has 1 aromatic heterocycles. The van der Waals surface area contributed by atoms with Crippen molar-refractivity contribution in [3.05, 3.63) is 69.3 Å². The molecule has 0 aliphatic heterocycles. The van der Waals surface area contributed by atoms with Gasteiger partial charge in [-0.2, -0.15) is 0 Å². The van der Waals surface area contributed by atoms with E-state index in [9.17, 15) is 0 Å². The summed E-state index contributed by atoms with van der Waals surface area (Å²) in [7, 11) is 1.60. The van der Waals surface area contributed by atoms with E-state index in [1.807, 2.05) is 36.4 Å². The highest BCUT2D eigenvalue weighted by atomic mass is 79.9. The van der Waals surface area contributed by atoms with E-state index in [-0.39, 0.29) is 0 Å². The highest BCUT2D eigenvalue weighted by Gasteiger charge is 2.08. The molecule has 0 spiro atoms. The number of rotatable bonds is 5. The Bertz CT molecular complexity index is 860. The minimum Gasteiger partial charge on any atom is -0.495 e. The Kier molecular flexibility index (Phi) is 5.17. The molecule has 2 aromatic carbocycles. The van der Waals surface area contributed by atoms with Crippen LogP contribution in [0, 0.1) is 6.92 Å². The molecule has 5 heteroatoms. The molecule has 0 aliphatic rings. The number of benzene rings is 2. The molecule has 24 heavy (non-hydrogen) atoms. The highest BCUT2D eigenvalue weighted by molar-refractivity contribution is 9.10. The van der Waals surface area contributed by atoms with Crippen LogP contribution < -0.4 is 10.1 Å². The standard InChI is InChI=1S/C19H17BrClNO2/c1-12-9-13(20)3-6-16(12)18-8-5-15(24-18)11-22-14-4-7-19(23-2)17(21)10-14/h3-10,22H,11H2,1-2H3. The quantitative estimate of drug-likeness (QED) is 0.540. The zero-order valence-electron chi connectivity index (χ0n) is 13.4. The number of anilines is 1. The van der Waals surface area contributed by atoms with Crippen LogP contribution in [-0.4, -0.2) is 7.11 Å². The molecule has 3 rings (SSSR count). The number of nitrogens with one attached hydrogen (secondary N) is 1.